The Bertz CT molecular complexity index is 242. The second kappa shape index (κ2) is 5.68. The summed E-state index contributed by atoms with van der Waals surface area (Å²) < 4.78 is 0. The van der Waals surface area contributed by atoms with E-state index in [9.17, 15) is 0 Å². The summed E-state index contributed by atoms with van der Waals surface area (Å²) in [5.74, 6) is 0. The van der Waals surface area contributed by atoms with Crippen LogP contribution in [0.1, 0.15) is 46.0 Å². The van der Waals surface area contributed by atoms with E-state index in [1.54, 1.807) is 0 Å². The molecule has 0 spiro atoms. The number of hydrogen-bond acceptors (Lipinski definition) is 3. The molecule has 0 aliphatic carbocycles. The van der Waals surface area contributed by atoms with E-state index in [2.05, 4.69) is 24.1 Å². The van der Waals surface area contributed by atoms with Crippen molar-refractivity contribution in [3.8, 4) is 0 Å². The van der Waals surface area contributed by atoms with Gasteiger partial charge in [-0.2, -0.15) is 0 Å². The molecule has 2 heterocycles. The fourth-order valence-electron chi connectivity index (χ4n) is 3.37. The highest BCUT2D eigenvalue weighted by atomic mass is 16.2. The van der Waals surface area contributed by atoms with Crippen molar-refractivity contribution in [3.63, 3.8) is 0 Å². The zero-order valence-electron chi connectivity index (χ0n) is 11.4. The average Bonchev–Trinajstić information content (AvgIpc) is 2.86. The first-order valence-corrected chi connectivity index (χ1v) is 7.21. The molecular formula is C14H28N2O. The molecule has 0 aromatic carbocycles. The van der Waals surface area contributed by atoms with Crippen LogP contribution < -0.4 is 5.32 Å². The molecule has 17 heavy (non-hydrogen) atoms. The Hall–Kier alpha value is -0.120. The lowest BCUT2D eigenvalue weighted by molar-refractivity contribution is 0.224. The van der Waals surface area contributed by atoms with Gasteiger partial charge >= 0.3 is 0 Å². The fraction of sp³-hybridized carbons (Fsp3) is 1.00. The summed E-state index contributed by atoms with van der Waals surface area (Å²) in [5, 5.41) is 12.7. The standard InChI is InChI=1S/C14H28N2O/c1-14(2,7-4-10-17)11-15-12-6-9-16-8-3-5-13(12)16/h12-13,15,17H,3-11H2,1-2H3. The molecule has 2 unspecified atom stereocenters. The SMILES string of the molecule is CC(C)(CCCO)CNC1CCN2CCCC12. The molecular weight excluding hydrogens is 212 g/mol. The third kappa shape index (κ3) is 3.43. The van der Waals surface area contributed by atoms with E-state index < -0.39 is 0 Å². The van der Waals surface area contributed by atoms with E-state index in [-0.39, 0.29) is 0 Å². The molecule has 0 amide bonds. The Morgan fingerprint density at radius 3 is 2.88 bits per heavy atom. The van der Waals surface area contributed by atoms with Crippen molar-refractivity contribution in [2.75, 3.05) is 26.2 Å². The molecule has 0 aromatic rings. The lowest BCUT2D eigenvalue weighted by Gasteiger charge is -2.29. The first-order chi connectivity index (χ1) is 8.12. The van der Waals surface area contributed by atoms with E-state index in [0.29, 0.717) is 18.1 Å². The first kappa shape index (κ1) is 13.3. The minimum atomic E-state index is 0.314. The van der Waals surface area contributed by atoms with Gasteiger partial charge in [-0.05, 0) is 44.1 Å². The van der Waals surface area contributed by atoms with E-state index in [4.69, 9.17) is 5.11 Å². The molecule has 0 saturated carbocycles. The second-order valence-corrected chi connectivity index (χ2v) is 6.51. The number of nitrogens with zero attached hydrogens (tertiary/aromatic N) is 1. The van der Waals surface area contributed by atoms with Crippen LogP contribution in [0.3, 0.4) is 0 Å². The average molecular weight is 240 g/mol. The molecule has 100 valence electrons. The predicted octanol–water partition coefficient (Wildman–Crippen LogP) is 1.61. The van der Waals surface area contributed by atoms with Gasteiger partial charge in [0.05, 0.1) is 0 Å². The van der Waals surface area contributed by atoms with Crippen LogP contribution in [-0.4, -0.2) is 48.3 Å². The van der Waals surface area contributed by atoms with Crippen LogP contribution in [-0.2, 0) is 0 Å². The van der Waals surface area contributed by atoms with E-state index in [1.807, 2.05) is 0 Å². The molecule has 0 aromatic heterocycles. The fourth-order valence-corrected chi connectivity index (χ4v) is 3.37. The second-order valence-electron chi connectivity index (χ2n) is 6.51. The van der Waals surface area contributed by atoms with Gasteiger partial charge in [-0.15, -0.1) is 0 Å². The normalized spacial score (nSPS) is 29.8. The van der Waals surface area contributed by atoms with Crippen LogP contribution in [0, 0.1) is 5.41 Å². The van der Waals surface area contributed by atoms with Crippen molar-refractivity contribution in [2.24, 2.45) is 5.41 Å². The zero-order chi connectivity index (χ0) is 12.3. The number of nitrogens with one attached hydrogen (secondary N) is 1. The van der Waals surface area contributed by atoms with Crippen LogP contribution in [0.25, 0.3) is 0 Å². The van der Waals surface area contributed by atoms with E-state index in [0.717, 1.165) is 25.4 Å². The maximum Gasteiger partial charge on any atom is 0.0431 e. The van der Waals surface area contributed by atoms with Gasteiger partial charge in [0.1, 0.15) is 0 Å². The highest BCUT2D eigenvalue weighted by Crippen LogP contribution is 2.29. The third-order valence-electron chi connectivity index (χ3n) is 4.46. The molecule has 0 bridgehead atoms. The molecule has 2 aliphatic rings. The van der Waals surface area contributed by atoms with Crippen LogP contribution in [0.4, 0.5) is 0 Å². The highest BCUT2D eigenvalue weighted by Gasteiger charge is 2.37. The predicted molar refractivity (Wildman–Crippen MR) is 71.1 cm³/mol. The minimum absolute atomic E-state index is 0.314. The summed E-state index contributed by atoms with van der Waals surface area (Å²) in [6.45, 7) is 8.62. The topological polar surface area (TPSA) is 35.5 Å². The maximum atomic E-state index is 8.91. The summed E-state index contributed by atoms with van der Waals surface area (Å²) in [6, 6.07) is 1.52. The summed E-state index contributed by atoms with van der Waals surface area (Å²) >= 11 is 0. The molecule has 2 atom stereocenters. The van der Waals surface area contributed by atoms with Gasteiger partial charge in [-0.1, -0.05) is 13.8 Å². The quantitative estimate of drug-likeness (QED) is 0.740. The Morgan fingerprint density at radius 1 is 1.29 bits per heavy atom. The van der Waals surface area contributed by atoms with Gasteiger partial charge in [-0.3, -0.25) is 4.90 Å². The van der Waals surface area contributed by atoms with Crippen LogP contribution >= 0.6 is 0 Å². The number of aliphatic hydroxyl groups excluding tert-OH is 1. The van der Waals surface area contributed by atoms with Crippen LogP contribution in [0.2, 0.25) is 0 Å². The molecule has 2 rings (SSSR count). The molecule has 3 heteroatoms. The smallest absolute Gasteiger partial charge is 0.0431 e. The van der Waals surface area contributed by atoms with Gasteiger partial charge in [0.15, 0.2) is 0 Å². The zero-order valence-corrected chi connectivity index (χ0v) is 11.4. The Balaban J connectivity index is 1.74. The minimum Gasteiger partial charge on any atom is -0.396 e. The van der Waals surface area contributed by atoms with Crippen molar-refractivity contribution < 1.29 is 5.11 Å². The largest absolute Gasteiger partial charge is 0.396 e. The van der Waals surface area contributed by atoms with Gasteiger partial charge < -0.3 is 10.4 Å². The molecule has 2 N–H and O–H groups in total. The third-order valence-corrected chi connectivity index (χ3v) is 4.46. The number of hydrogen-bond donors (Lipinski definition) is 2. The van der Waals surface area contributed by atoms with Gasteiger partial charge in [0, 0.05) is 31.8 Å². The first-order valence-electron chi connectivity index (χ1n) is 7.21. The summed E-state index contributed by atoms with van der Waals surface area (Å²) in [5.41, 5.74) is 0.314. The van der Waals surface area contributed by atoms with Crippen molar-refractivity contribution in [1.29, 1.82) is 0 Å². The lowest BCUT2D eigenvalue weighted by Crippen LogP contribution is -2.43. The molecule has 0 radical (unpaired) electrons. The van der Waals surface area contributed by atoms with Crippen LogP contribution in [0.15, 0.2) is 0 Å². The molecule has 2 aliphatic heterocycles. The Labute approximate surface area is 106 Å². The number of aliphatic hydroxyl groups is 1. The Kier molecular flexibility index (Phi) is 4.45. The van der Waals surface area contributed by atoms with E-state index in [1.165, 1.54) is 32.4 Å². The highest BCUT2D eigenvalue weighted by molar-refractivity contribution is 4.96. The summed E-state index contributed by atoms with van der Waals surface area (Å²) in [4.78, 5) is 2.65. The van der Waals surface area contributed by atoms with Gasteiger partial charge in [0.2, 0.25) is 0 Å². The van der Waals surface area contributed by atoms with Crippen molar-refractivity contribution >= 4 is 0 Å². The summed E-state index contributed by atoms with van der Waals surface area (Å²) in [6.07, 6.45) is 6.12. The number of fused-ring (bicyclic) bond motifs is 1. The molecule has 3 nitrogen and oxygen atoms in total. The van der Waals surface area contributed by atoms with Crippen molar-refractivity contribution in [2.45, 2.75) is 58.0 Å². The molecule has 2 saturated heterocycles. The van der Waals surface area contributed by atoms with Gasteiger partial charge in [0.25, 0.3) is 0 Å². The maximum absolute atomic E-state index is 8.91. The van der Waals surface area contributed by atoms with Crippen molar-refractivity contribution in [3.05, 3.63) is 0 Å². The summed E-state index contributed by atoms with van der Waals surface area (Å²) in [7, 11) is 0. The monoisotopic (exact) mass is 240 g/mol. The lowest BCUT2D eigenvalue weighted by atomic mass is 9.87. The number of rotatable bonds is 6. The molecule has 2 fully saturated rings. The van der Waals surface area contributed by atoms with Crippen molar-refractivity contribution in [1.82, 2.24) is 10.2 Å². The van der Waals surface area contributed by atoms with Gasteiger partial charge in [-0.25, -0.2) is 0 Å². The van der Waals surface area contributed by atoms with Crippen LogP contribution in [0.5, 0.6) is 0 Å². The van der Waals surface area contributed by atoms with E-state index >= 15 is 0 Å². The Morgan fingerprint density at radius 2 is 2.12 bits per heavy atom.